The highest BCUT2D eigenvalue weighted by Gasteiger charge is 2.34. The summed E-state index contributed by atoms with van der Waals surface area (Å²) >= 11 is 0. The molecule has 2 fully saturated rings. The van der Waals surface area contributed by atoms with Gasteiger partial charge in [-0.25, -0.2) is 0 Å². The van der Waals surface area contributed by atoms with E-state index in [1.54, 1.807) is 6.92 Å². The van der Waals surface area contributed by atoms with Gasteiger partial charge in [0.25, 0.3) is 0 Å². The number of carbonyl (C=O) groups excluding carboxylic acids is 1. The molecule has 0 unspecified atom stereocenters. The number of likely N-dealkylation sites (tertiary alicyclic amines) is 1. The maximum atomic E-state index is 12.4. The molecule has 2 aliphatic rings. The number of amides is 1. The van der Waals surface area contributed by atoms with Crippen LogP contribution in [0.1, 0.15) is 25.1 Å². The van der Waals surface area contributed by atoms with Gasteiger partial charge in [-0.05, 0) is 19.9 Å². The summed E-state index contributed by atoms with van der Waals surface area (Å²) < 4.78 is 11.0. The SMILES string of the molecule is CCN1CCO[C@@H]2CN(C(=O)Cc3nc(C)no3)CC[C@@H]2C1. The average molecular weight is 308 g/mol. The molecule has 122 valence electrons. The Kier molecular flexibility index (Phi) is 4.73. The van der Waals surface area contributed by atoms with Crippen LogP contribution in [0.4, 0.5) is 0 Å². The normalized spacial score (nSPS) is 26.5. The van der Waals surface area contributed by atoms with Crippen molar-refractivity contribution < 1.29 is 14.1 Å². The number of ether oxygens (including phenoxy) is 1. The van der Waals surface area contributed by atoms with Gasteiger partial charge in [0.05, 0.1) is 12.7 Å². The molecule has 22 heavy (non-hydrogen) atoms. The summed E-state index contributed by atoms with van der Waals surface area (Å²) in [5.41, 5.74) is 0. The number of rotatable bonds is 3. The lowest BCUT2D eigenvalue weighted by molar-refractivity contribution is -0.136. The van der Waals surface area contributed by atoms with E-state index in [2.05, 4.69) is 22.0 Å². The Hall–Kier alpha value is -1.47. The molecule has 0 N–H and O–H groups in total. The first-order chi connectivity index (χ1) is 10.7. The van der Waals surface area contributed by atoms with Gasteiger partial charge in [0, 0.05) is 32.1 Å². The van der Waals surface area contributed by atoms with Crippen LogP contribution in [0.5, 0.6) is 0 Å². The first-order valence-corrected chi connectivity index (χ1v) is 8.06. The molecule has 2 atom stereocenters. The van der Waals surface area contributed by atoms with Crippen molar-refractivity contribution in [2.45, 2.75) is 32.8 Å². The van der Waals surface area contributed by atoms with Crippen molar-refractivity contribution in [2.75, 3.05) is 39.3 Å². The Morgan fingerprint density at radius 1 is 1.36 bits per heavy atom. The molecule has 0 radical (unpaired) electrons. The van der Waals surface area contributed by atoms with Gasteiger partial charge in [-0.3, -0.25) is 4.79 Å². The van der Waals surface area contributed by atoms with Crippen LogP contribution in [-0.4, -0.2) is 71.3 Å². The highest BCUT2D eigenvalue weighted by atomic mass is 16.5. The number of fused-ring (bicyclic) bond motifs is 1. The largest absolute Gasteiger partial charge is 0.375 e. The summed E-state index contributed by atoms with van der Waals surface area (Å²) in [6.45, 7) is 9.27. The molecule has 1 amide bonds. The van der Waals surface area contributed by atoms with Crippen LogP contribution in [0, 0.1) is 12.8 Å². The van der Waals surface area contributed by atoms with Crippen LogP contribution in [0.3, 0.4) is 0 Å². The minimum Gasteiger partial charge on any atom is -0.375 e. The number of nitrogens with zero attached hydrogens (tertiary/aromatic N) is 4. The molecule has 1 aromatic rings. The van der Waals surface area contributed by atoms with Gasteiger partial charge in [-0.15, -0.1) is 0 Å². The van der Waals surface area contributed by atoms with Crippen LogP contribution in [-0.2, 0) is 16.0 Å². The van der Waals surface area contributed by atoms with Crippen molar-refractivity contribution in [1.82, 2.24) is 19.9 Å². The smallest absolute Gasteiger partial charge is 0.236 e. The van der Waals surface area contributed by atoms with E-state index in [0.717, 1.165) is 39.2 Å². The van der Waals surface area contributed by atoms with E-state index in [-0.39, 0.29) is 18.4 Å². The summed E-state index contributed by atoms with van der Waals surface area (Å²) in [6, 6.07) is 0. The fraction of sp³-hybridized carbons (Fsp3) is 0.800. The molecule has 3 heterocycles. The third-order valence-corrected chi connectivity index (χ3v) is 4.60. The zero-order chi connectivity index (χ0) is 15.5. The third-order valence-electron chi connectivity index (χ3n) is 4.60. The van der Waals surface area contributed by atoms with Gasteiger partial charge < -0.3 is 19.1 Å². The molecule has 2 aliphatic heterocycles. The van der Waals surface area contributed by atoms with Crippen LogP contribution in [0.15, 0.2) is 4.52 Å². The number of carbonyl (C=O) groups is 1. The van der Waals surface area contributed by atoms with Crippen LogP contribution in [0.25, 0.3) is 0 Å². The van der Waals surface area contributed by atoms with Gasteiger partial charge >= 0.3 is 0 Å². The zero-order valence-corrected chi connectivity index (χ0v) is 13.3. The lowest BCUT2D eigenvalue weighted by Crippen LogP contribution is -2.49. The predicted molar refractivity (Wildman–Crippen MR) is 79.3 cm³/mol. The second-order valence-electron chi connectivity index (χ2n) is 6.10. The maximum Gasteiger partial charge on any atom is 0.236 e. The molecule has 0 bridgehead atoms. The number of piperidine rings is 1. The minimum absolute atomic E-state index is 0.0438. The molecule has 0 spiro atoms. The summed E-state index contributed by atoms with van der Waals surface area (Å²) in [5, 5.41) is 3.72. The Morgan fingerprint density at radius 2 is 2.23 bits per heavy atom. The molecule has 7 nitrogen and oxygen atoms in total. The quantitative estimate of drug-likeness (QED) is 0.809. The van der Waals surface area contributed by atoms with E-state index in [1.807, 2.05) is 4.90 Å². The second-order valence-corrected chi connectivity index (χ2v) is 6.10. The molecule has 0 aromatic carbocycles. The summed E-state index contributed by atoms with van der Waals surface area (Å²) in [6.07, 6.45) is 1.33. The Morgan fingerprint density at radius 3 is 2.95 bits per heavy atom. The van der Waals surface area contributed by atoms with Gasteiger partial charge in [-0.1, -0.05) is 12.1 Å². The van der Waals surface area contributed by atoms with E-state index in [1.165, 1.54) is 0 Å². The molecule has 0 aliphatic carbocycles. The number of hydrogen-bond donors (Lipinski definition) is 0. The lowest BCUT2D eigenvalue weighted by atomic mass is 9.93. The van der Waals surface area contributed by atoms with Crippen LogP contribution < -0.4 is 0 Å². The standard InChI is InChI=1S/C15H24N4O3/c1-3-18-6-7-21-13-10-19(5-4-12(13)9-18)15(20)8-14-16-11(2)17-22-14/h12-13H,3-10H2,1-2H3/t12-,13-/m1/s1. The minimum atomic E-state index is 0.0438. The molecule has 7 heteroatoms. The van der Waals surface area contributed by atoms with Crippen LogP contribution in [0.2, 0.25) is 0 Å². The highest BCUT2D eigenvalue weighted by Crippen LogP contribution is 2.24. The number of likely N-dealkylation sites (N-methyl/N-ethyl adjacent to an activating group) is 1. The summed E-state index contributed by atoms with van der Waals surface area (Å²) in [4.78, 5) is 20.8. The first kappa shape index (κ1) is 15.4. The fourth-order valence-corrected chi connectivity index (χ4v) is 3.29. The van der Waals surface area contributed by atoms with Crippen LogP contribution >= 0.6 is 0 Å². The Labute approximate surface area is 130 Å². The molecular formula is C15H24N4O3. The number of hydrogen-bond acceptors (Lipinski definition) is 6. The van der Waals surface area contributed by atoms with E-state index >= 15 is 0 Å². The first-order valence-electron chi connectivity index (χ1n) is 8.06. The molecular weight excluding hydrogens is 284 g/mol. The lowest BCUT2D eigenvalue weighted by Gasteiger charge is -2.37. The molecule has 0 saturated carbocycles. The topological polar surface area (TPSA) is 71.7 Å². The van der Waals surface area contributed by atoms with E-state index < -0.39 is 0 Å². The summed E-state index contributed by atoms with van der Waals surface area (Å²) in [7, 11) is 0. The van der Waals surface area contributed by atoms with Crippen molar-refractivity contribution in [3.8, 4) is 0 Å². The molecule has 1 aromatic heterocycles. The van der Waals surface area contributed by atoms with E-state index in [0.29, 0.717) is 24.2 Å². The zero-order valence-electron chi connectivity index (χ0n) is 13.3. The average Bonchev–Trinajstić information content (AvgIpc) is 2.81. The molecule has 2 saturated heterocycles. The van der Waals surface area contributed by atoms with Crippen molar-refractivity contribution in [3.63, 3.8) is 0 Å². The highest BCUT2D eigenvalue weighted by molar-refractivity contribution is 5.77. The Balaban J connectivity index is 1.57. The van der Waals surface area contributed by atoms with Gasteiger partial charge in [0.1, 0.15) is 6.42 Å². The van der Waals surface area contributed by atoms with Crippen molar-refractivity contribution in [3.05, 3.63) is 11.7 Å². The number of aryl methyl sites for hydroxylation is 1. The predicted octanol–water partition coefficient (Wildman–Crippen LogP) is 0.490. The number of aromatic nitrogens is 2. The van der Waals surface area contributed by atoms with Crippen molar-refractivity contribution >= 4 is 5.91 Å². The monoisotopic (exact) mass is 308 g/mol. The fourth-order valence-electron chi connectivity index (χ4n) is 3.29. The van der Waals surface area contributed by atoms with Gasteiger partial charge in [-0.2, -0.15) is 4.98 Å². The molecule has 3 rings (SSSR count). The van der Waals surface area contributed by atoms with Gasteiger partial charge in [0.15, 0.2) is 5.82 Å². The summed E-state index contributed by atoms with van der Waals surface area (Å²) in [5.74, 6) is 1.52. The van der Waals surface area contributed by atoms with E-state index in [4.69, 9.17) is 9.26 Å². The van der Waals surface area contributed by atoms with Crippen molar-refractivity contribution in [2.24, 2.45) is 5.92 Å². The maximum absolute atomic E-state index is 12.4. The van der Waals surface area contributed by atoms with Crippen molar-refractivity contribution in [1.29, 1.82) is 0 Å². The third kappa shape index (κ3) is 3.47. The Bertz CT molecular complexity index is 519. The second kappa shape index (κ2) is 6.75. The van der Waals surface area contributed by atoms with E-state index in [9.17, 15) is 4.79 Å². The van der Waals surface area contributed by atoms with Gasteiger partial charge in [0.2, 0.25) is 11.8 Å².